The van der Waals surface area contributed by atoms with Crippen LogP contribution in [0.5, 0.6) is 5.75 Å². The van der Waals surface area contributed by atoms with Crippen molar-refractivity contribution in [2.45, 2.75) is 31.2 Å². The summed E-state index contributed by atoms with van der Waals surface area (Å²) in [7, 11) is 3.96. The molecule has 116 valence electrons. The molecule has 0 spiro atoms. The molecule has 2 atom stereocenters. The van der Waals surface area contributed by atoms with Crippen LogP contribution in [-0.4, -0.2) is 51.4 Å². The highest BCUT2D eigenvalue weighted by atomic mass is 16.5. The van der Waals surface area contributed by atoms with Crippen LogP contribution in [0.1, 0.15) is 30.7 Å². The Bertz CT molecular complexity index is 478. The van der Waals surface area contributed by atoms with Gasteiger partial charge in [0, 0.05) is 36.9 Å². The number of ether oxygens (including phenoxy) is 2. The minimum atomic E-state index is 0.560. The van der Waals surface area contributed by atoms with Crippen molar-refractivity contribution in [2.24, 2.45) is 0 Å². The minimum absolute atomic E-state index is 0.560. The fourth-order valence-electron chi connectivity index (χ4n) is 3.62. The molecule has 2 aliphatic rings. The maximum Gasteiger partial charge on any atom is 0.125 e. The van der Waals surface area contributed by atoms with E-state index in [9.17, 15) is 0 Å². The highest BCUT2D eigenvalue weighted by molar-refractivity contribution is 5.63. The first-order valence-electron chi connectivity index (χ1n) is 7.98. The van der Waals surface area contributed by atoms with Crippen molar-refractivity contribution in [3.63, 3.8) is 0 Å². The van der Waals surface area contributed by atoms with E-state index in [-0.39, 0.29) is 0 Å². The number of fused-ring (bicyclic) bond motifs is 1. The fraction of sp³-hybridized carbons (Fsp3) is 0.647. The summed E-state index contributed by atoms with van der Waals surface area (Å²) in [6.07, 6.45) is 3.89. The van der Waals surface area contributed by atoms with Gasteiger partial charge in [-0.3, -0.25) is 0 Å². The van der Waals surface area contributed by atoms with E-state index in [1.807, 2.05) is 0 Å². The zero-order valence-corrected chi connectivity index (χ0v) is 13.1. The molecule has 1 fully saturated rings. The summed E-state index contributed by atoms with van der Waals surface area (Å²) >= 11 is 0. The van der Waals surface area contributed by atoms with Gasteiger partial charge < -0.3 is 19.7 Å². The molecule has 0 aliphatic carbocycles. The molecule has 0 bridgehead atoms. The van der Waals surface area contributed by atoms with Gasteiger partial charge >= 0.3 is 0 Å². The summed E-state index contributed by atoms with van der Waals surface area (Å²) in [6, 6.07) is 7.04. The Kier molecular flexibility index (Phi) is 4.66. The van der Waals surface area contributed by atoms with E-state index in [1.165, 1.54) is 37.1 Å². The molecule has 0 amide bonds. The molecule has 1 N–H and O–H groups in total. The van der Waals surface area contributed by atoms with E-state index >= 15 is 0 Å². The lowest BCUT2D eigenvalue weighted by atomic mass is 9.92. The first-order valence-corrected chi connectivity index (χ1v) is 7.98. The first kappa shape index (κ1) is 14.7. The average molecular weight is 290 g/mol. The molecule has 1 saturated heterocycles. The van der Waals surface area contributed by atoms with E-state index in [4.69, 9.17) is 9.47 Å². The summed E-state index contributed by atoms with van der Waals surface area (Å²) in [5.41, 5.74) is 2.62. The first-order chi connectivity index (χ1) is 10.3. The number of likely N-dealkylation sites (tertiary alicyclic amines) is 1. The van der Waals surface area contributed by atoms with Gasteiger partial charge in [-0.25, -0.2) is 0 Å². The number of anilines is 1. The lowest BCUT2D eigenvalue weighted by molar-refractivity contribution is 0.145. The van der Waals surface area contributed by atoms with Crippen LogP contribution in [-0.2, 0) is 4.74 Å². The molecule has 1 aromatic carbocycles. The monoisotopic (exact) mass is 290 g/mol. The van der Waals surface area contributed by atoms with E-state index in [0.717, 1.165) is 18.3 Å². The van der Waals surface area contributed by atoms with E-state index in [0.29, 0.717) is 19.1 Å². The second-order valence-corrected chi connectivity index (χ2v) is 6.15. The van der Waals surface area contributed by atoms with Crippen molar-refractivity contribution in [1.82, 2.24) is 4.90 Å². The Balaban J connectivity index is 1.73. The highest BCUT2D eigenvalue weighted by Crippen LogP contribution is 2.42. The number of benzene rings is 1. The van der Waals surface area contributed by atoms with Gasteiger partial charge in [0.15, 0.2) is 0 Å². The SMILES string of the molecule is COCCOc1cccc2c1C(C[C@H]1CCCN1C)CN2. The van der Waals surface area contributed by atoms with Gasteiger partial charge in [0.05, 0.1) is 6.61 Å². The summed E-state index contributed by atoms with van der Waals surface area (Å²) in [5, 5.41) is 3.54. The average Bonchev–Trinajstić information content (AvgIpc) is 3.08. The summed E-state index contributed by atoms with van der Waals surface area (Å²) in [6.45, 7) is 3.52. The standard InChI is InChI=1S/C17H26N2O2/c1-19-8-4-5-14(19)11-13-12-18-15-6-3-7-16(17(13)15)21-10-9-20-2/h3,6-7,13-14,18H,4-5,8-12H2,1-2H3/t13?,14-/m1/s1. The van der Waals surface area contributed by atoms with Gasteiger partial charge in [-0.05, 0) is 45.0 Å². The van der Waals surface area contributed by atoms with Crippen molar-refractivity contribution in [3.05, 3.63) is 23.8 Å². The van der Waals surface area contributed by atoms with Crippen molar-refractivity contribution >= 4 is 5.69 Å². The normalized spacial score (nSPS) is 24.9. The van der Waals surface area contributed by atoms with E-state index < -0.39 is 0 Å². The number of hydrogen-bond acceptors (Lipinski definition) is 4. The van der Waals surface area contributed by atoms with Gasteiger partial charge in [0.1, 0.15) is 12.4 Å². The molecule has 2 aliphatic heterocycles. The van der Waals surface area contributed by atoms with Crippen LogP contribution >= 0.6 is 0 Å². The van der Waals surface area contributed by atoms with E-state index in [2.05, 4.69) is 35.5 Å². The zero-order valence-electron chi connectivity index (χ0n) is 13.1. The molecule has 1 aromatic rings. The molecule has 1 unspecified atom stereocenters. The largest absolute Gasteiger partial charge is 0.491 e. The van der Waals surface area contributed by atoms with Crippen molar-refractivity contribution < 1.29 is 9.47 Å². The maximum atomic E-state index is 5.93. The molecular weight excluding hydrogens is 264 g/mol. The second kappa shape index (κ2) is 6.67. The number of nitrogens with one attached hydrogen (secondary N) is 1. The second-order valence-electron chi connectivity index (χ2n) is 6.15. The number of methoxy groups -OCH3 is 1. The summed E-state index contributed by atoms with van der Waals surface area (Å²) < 4.78 is 11.0. The smallest absolute Gasteiger partial charge is 0.125 e. The molecule has 0 saturated carbocycles. The molecule has 4 heteroatoms. The van der Waals surface area contributed by atoms with Crippen molar-refractivity contribution in [2.75, 3.05) is 45.8 Å². The predicted octanol–water partition coefficient (Wildman–Crippen LogP) is 2.71. The van der Waals surface area contributed by atoms with Gasteiger partial charge in [-0.2, -0.15) is 0 Å². The Labute approximate surface area is 127 Å². The summed E-state index contributed by atoms with van der Waals surface area (Å²) in [4.78, 5) is 2.51. The molecule has 2 heterocycles. The van der Waals surface area contributed by atoms with Crippen molar-refractivity contribution in [3.8, 4) is 5.75 Å². The van der Waals surface area contributed by atoms with Gasteiger partial charge in [0.25, 0.3) is 0 Å². The van der Waals surface area contributed by atoms with Crippen LogP contribution in [0.25, 0.3) is 0 Å². The van der Waals surface area contributed by atoms with Crippen LogP contribution < -0.4 is 10.1 Å². The Morgan fingerprint density at radius 1 is 1.33 bits per heavy atom. The summed E-state index contributed by atoms with van der Waals surface area (Å²) in [5.74, 6) is 1.59. The predicted molar refractivity (Wildman–Crippen MR) is 85.3 cm³/mol. The van der Waals surface area contributed by atoms with Crippen molar-refractivity contribution in [1.29, 1.82) is 0 Å². The third kappa shape index (κ3) is 3.16. The van der Waals surface area contributed by atoms with Crippen LogP contribution in [0.15, 0.2) is 18.2 Å². The third-order valence-corrected chi connectivity index (χ3v) is 4.79. The molecule has 4 nitrogen and oxygen atoms in total. The quantitative estimate of drug-likeness (QED) is 0.817. The molecular formula is C17H26N2O2. The van der Waals surface area contributed by atoms with Crippen LogP contribution in [0.4, 0.5) is 5.69 Å². The van der Waals surface area contributed by atoms with Gasteiger partial charge in [-0.15, -0.1) is 0 Å². The number of rotatable bonds is 6. The molecule has 0 aromatic heterocycles. The zero-order chi connectivity index (χ0) is 14.7. The lowest BCUT2D eigenvalue weighted by Crippen LogP contribution is -2.27. The highest BCUT2D eigenvalue weighted by Gasteiger charge is 2.31. The number of hydrogen-bond donors (Lipinski definition) is 1. The van der Waals surface area contributed by atoms with Gasteiger partial charge in [0.2, 0.25) is 0 Å². The van der Waals surface area contributed by atoms with Gasteiger partial charge in [-0.1, -0.05) is 6.07 Å². The molecule has 0 radical (unpaired) electrons. The Morgan fingerprint density at radius 3 is 3.00 bits per heavy atom. The molecule has 21 heavy (non-hydrogen) atoms. The molecule has 3 rings (SSSR count). The van der Waals surface area contributed by atoms with E-state index in [1.54, 1.807) is 7.11 Å². The maximum absolute atomic E-state index is 5.93. The fourth-order valence-corrected chi connectivity index (χ4v) is 3.62. The van der Waals surface area contributed by atoms with Crippen LogP contribution in [0, 0.1) is 0 Å². The van der Waals surface area contributed by atoms with Crippen LogP contribution in [0.2, 0.25) is 0 Å². The third-order valence-electron chi connectivity index (χ3n) is 4.79. The Morgan fingerprint density at radius 2 is 2.24 bits per heavy atom. The topological polar surface area (TPSA) is 33.7 Å². The lowest BCUT2D eigenvalue weighted by Gasteiger charge is -2.23. The van der Waals surface area contributed by atoms with Crippen LogP contribution in [0.3, 0.4) is 0 Å². The minimum Gasteiger partial charge on any atom is -0.491 e. The Hall–Kier alpha value is -1.26. The number of nitrogens with zero attached hydrogens (tertiary/aromatic N) is 1.